The minimum absolute atomic E-state index is 0.263. The normalized spacial score (nSPS) is 24.3. The van der Waals surface area contributed by atoms with Crippen molar-refractivity contribution in [1.82, 2.24) is 0 Å². The Morgan fingerprint density at radius 3 is 2.17 bits per heavy atom. The molecule has 0 heterocycles. The van der Waals surface area contributed by atoms with Gasteiger partial charge in [-0.25, -0.2) is 0 Å². The summed E-state index contributed by atoms with van der Waals surface area (Å²) in [6.45, 7) is 8.15. The lowest BCUT2D eigenvalue weighted by atomic mass is 9.76. The molecule has 0 amide bonds. The van der Waals surface area contributed by atoms with Crippen LogP contribution in [0.1, 0.15) is 40.5 Å². The zero-order chi connectivity index (χ0) is 13.9. The van der Waals surface area contributed by atoms with Crippen LogP contribution in [-0.2, 0) is 14.3 Å². The van der Waals surface area contributed by atoms with Crippen LogP contribution in [0.25, 0.3) is 0 Å². The molecule has 0 aromatic carbocycles. The first-order valence-electron chi connectivity index (χ1n) is 6.37. The summed E-state index contributed by atoms with van der Waals surface area (Å²) in [6.07, 6.45) is 0.947. The monoisotopic (exact) mass is 254 g/mol. The Morgan fingerprint density at radius 2 is 1.72 bits per heavy atom. The Hall–Kier alpha value is -1.32. The van der Waals surface area contributed by atoms with Crippen molar-refractivity contribution < 1.29 is 19.4 Å². The predicted octanol–water partition coefficient (Wildman–Crippen LogP) is 2.63. The van der Waals surface area contributed by atoms with Crippen LogP contribution in [0.2, 0.25) is 0 Å². The van der Waals surface area contributed by atoms with Gasteiger partial charge in [-0.1, -0.05) is 25.0 Å². The molecule has 0 radical (unpaired) electrons. The lowest BCUT2D eigenvalue weighted by Crippen LogP contribution is -2.34. The Balaban J connectivity index is 2.78. The van der Waals surface area contributed by atoms with Gasteiger partial charge < -0.3 is 9.84 Å². The molecule has 4 nitrogen and oxygen atoms in total. The molecule has 4 heteroatoms. The van der Waals surface area contributed by atoms with E-state index in [2.05, 4.69) is 0 Å². The molecule has 1 aliphatic carbocycles. The van der Waals surface area contributed by atoms with Crippen LogP contribution in [0.3, 0.4) is 0 Å². The highest BCUT2D eigenvalue weighted by Crippen LogP contribution is 2.35. The highest BCUT2D eigenvalue weighted by molar-refractivity contribution is 5.82. The van der Waals surface area contributed by atoms with Crippen LogP contribution in [0.5, 0.6) is 0 Å². The number of allylic oxidation sites excluding steroid dienone is 2. The van der Waals surface area contributed by atoms with Gasteiger partial charge in [0, 0.05) is 0 Å². The first-order valence-corrected chi connectivity index (χ1v) is 6.37. The Labute approximate surface area is 108 Å². The van der Waals surface area contributed by atoms with E-state index in [0.717, 1.165) is 11.1 Å². The Kier molecular flexibility index (Phi) is 4.93. The summed E-state index contributed by atoms with van der Waals surface area (Å²) in [5.41, 5.74) is 2.19. The number of esters is 1. The Bertz CT molecular complexity index is 368. The molecule has 0 aromatic rings. The molecule has 0 aromatic heterocycles. The molecule has 2 unspecified atom stereocenters. The second-order valence-electron chi connectivity index (χ2n) is 5.54. The van der Waals surface area contributed by atoms with Gasteiger partial charge in [-0.15, -0.1) is 0 Å². The molecular formula is C14H22O4. The van der Waals surface area contributed by atoms with Crippen molar-refractivity contribution in [2.45, 2.75) is 40.5 Å². The number of hydrogen-bond donors (Lipinski definition) is 1. The van der Waals surface area contributed by atoms with Crippen molar-refractivity contribution in [2.75, 3.05) is 6.61 Å². The van der Waals surface area contributed by atoms with Gasteiger partial charge in [-0.05, 0) is 32.6 Å². The van der Waals surface area contributed by atoms with Gasteiger partial charge in [0.25, 0.3) is 0 Å². The van der Waals surface area contributed by atoms with Crippen LogP contribution >= 0.6 is 0 Å². The molecule has 2 atom stereocenters. The zero-order valence-corrected chi connectivity index (χ0v) is 11.5. The first-order chi connectivity index (χ1) is 8.32. The first kappa shape index (κ1) is 14.7. The van der Waals surface area contributed by atoms with Gasteiger partial charge in [-0.3, -0.25) is 9.59 Å². The molecule has 18 heavy (non-hydrogen) atoms. The minimum atomic E-state index is -0.909. The van der Waals surface area contributed by atoms with Gasteiger partial charge in [0.1, 0.15) is 0 Å². The van der Waals surface area contributed by atoms with Crippen molar-refractivity contribution in [1.29, 1.82) is 0 Å². The zero-order valence-electron chi connectivity index (χ0n) is 11.5. The molecule has 1 aliphatic rings. The van der Waals surface area contributed by atoms with Crippen molar-refractivity contribution in [3.8, 4) is 0 Å². The second-order valence-corrected chi connectivity index (χ2v) is 5.54. The fraction of sp³-hybridized carbons (Fsp3) is 0.714. The van der Waals surface area contributed by atoms with E-state index >= 15 is 0 Å². The maximum absolute atomic E-state index is 12.0. The van der Waals surface area contributed by atoms with Crippen LogP contribution < -0.4 is 0 Å². The highest BCUT2D eigenvalue weighted by Gasteiger charge is 2.38. The van der Waals surface area contributed by atoms with E-state index in [1.54, 1.807) is 0 Å². The number of carboxylic acids is 1. The van der Waals surface area contributed by atoms with E-state index in [1.165, 1.54) is 0 Å². The quantitative estimate of drug-likeness (QED) is 0.618. The molecule has 0 saturated carbocycles. The average molecular weight is 254 g/mol. The lowest BCUT2D eigenvalue weighted by molar-refractivity contribution is -0.158. The molecule has 0 saturated heterocycles. The topological polar surface area (TPSA) is 63.6 Å². The summed E-state index contributed by atoms with van der Waals surface area (Å²) in [5.74, 6) is -2.20. The summed E-state index contributed by atoms with van der Waals surface area (Å²) in [4.78, 5) is 23.2. The Morgan fingerprint density at radius 1 is 1.22 bits per heavy atom. The maximum atomic E-state index is 12.0. The minimum Gasteiger partial charge on any atom is -0.481 e. The van der Waals surface area contributed by atoms with Crippen LogP contribution in [0.15, 0.2) is 11.1 Å². The van der Waals surface area contributed by atoms with Crippen molar-refractivity contribution in [3.63, 3.8) is 0 Å². The number of carboxylic acid groups (broad SMARTS) is 1. The van der Waals surface area contributed by atoms with Gasteiger partial charge in [-0.2, -0.15) is 0 Å². The molecule has 102 valence electrons. The molecule has 1 N–H and O–H groups in total. The predicted molar refractivity (Wildman–Crippen MR) is 68.0 cm³/mol. The standard InChI is InChI=1S/C14H22O4/c1-8(2)7-18-14(17)12-6-10(4)9(3)5-11(12)13(15)16/h8,11-12H,5-7H2,1-4H3,(H,15,16). The van der Waals surface area contributed by atoms with E-state index in [0.29, 0.717) is 19.4 Å². The molecule has 0 aliphatic heterocycles. The number of carbonyl (C=O) groups excluding carboxylic acids is 1. The second kappa shape index (κ2) is 6.03. The molecule has 0 bridgehead atoms. The van der Waals surface area contributed by atoms with Gasteiger partial charge in [0.15, 0.2) is 0 Å². The SMILES string of the molecule is CC1=C(C)CC(C(=O)OCC(C)C)C(C(=O)O)C1. The summed E-state index contributed by atoms with van der Waals surface area (Å²) in [7, 11) is 0. The third-order valence-electron chi connectivity index (χ3n) is 3.45. The molecular weight excluding hydrogens is 232 g/mol. The van der Waals surface area contributed by atoms with Gasteiger partial charge in [0.2, 0.25) is 0 Å². The van der Waals surface area contributed by atoms with E-state index < -0.39 is 17.8 Å². The third kappa shape index (κ3) is 3.59. The number of hydrogen-bond acceptors (Lipinski definition) is 3. The largest absolute Gasteiger partial charge is 0.481 e. The van der Waals surface area contributed by atoms with E-state index in [-0.39, 0.29) is 11.9 Å². The lowest BCUT2D eigenvalue weighted by Gasteiger charge is -2.29. The smallest absolute Gasteiger partial charge is 0.310 e. The molecule has 0 spiro atoms. The fourth-order valence-corrected chi connectivity index (χ4v) is 2.16. The molecule has 1 rings (SSSR count). The highest BCUT2D eigenvalue weighted by atomic mass is 16.5. The van der Waals surface area contributed by atoms with Crippen molar-refractivity contribution >= 4 is 11.9 Å². The summed E-state index contributed by atoms with van der Waals surface area (Å²) in [5, 5.41) is 9.21. The van der Waals surface area contributed by atoms with E-state index in [4.69, 9.17) is 4.74 Å². The van der Waals surface area contributed by atoms with Gasteiger partial charge >= 0.3 is 11.9 Å². The van der Waals surface area contributed by atoms with E-state index in [1.807, 2.05) is 27.7 Å². The summed E-state index contributed by atoms with van der Waals surface area (Å²) < 4.78 is 5.18. The third-order valence-corrected chi connectivity index (χ3v) is 3.45. The van der Waals surface area contributed by atoms with Gasteiger partial charge in [0.05, 0.1) is 18.4 Å². The van der Waals surface area contributed by atoms with Crippen LogP contribution in [0, 0.1) is 17.8 Å². The number of carbonyl (C=O) groups is 2. The fourth-order valence-electron chi connectivity index (χ4n) is 2.16. The maximum Gasteiger partial charge on any atom is 0.310 e. The average Bonchev–Trinajstić information content (AvgIpc) is 2.28. The van der Waals surface area contributed by atoms with Crippen molar-refractivity contribution in [3.05, 3.63) is 11.1 Å². The van der Waals surface area contributed by atoms with Crippen LogP contribution in [-0.4, -0.2) is 23.7 Å². The number of aliphatic carboxylic acids is 1. The number of rotatable bonds is 4. The van der Waals surface area contributed by atoms with Crippen LogP contribution in [0.4, 0.5) is 0 Å². The number of ether oxygens (including phenoxy) is 1. The summed E-state index contributed by atoms with van der Waals surface area (Å²) >= 11 is 0. The van der Waals surface area contributed by atoms with E-state index in [9.17, 15) is 14.7 Å². The van der Waals surface area contributed by atoms with Crippen molar-refractivity contribution in [2.24, 2.45) is 17.8 Å². The molecule has 0 fully saturated rings. The summed E-state index contributed by atoms with van der Waals surface area (Å²) in [6, 6.07) is 0.